The van der Waals surface area contributed by atoms with Crippen molar-refractivity contribution in [2.24, 2.45) is 0 Å². The van der Waals surface area contributed by atoms with E-state index < -0.39 is 0 Å². The second-order valence-electron chi connectivity index (χ2n) is 4.08. The Morgan fingerprint density at radius 1 is 1.31 bits per heavy atom. The average molecular weight is 219 g/mol. The van der Waals surface area contributed by atoms with Gasteiger partial charge in [-0.25, -0.2) is 4.79 Å². The number of carbonyl (C=O) groups is 1. The monoisotopic (exact) mass is 219 g/mol. The first-order valence-electron chi connectivity index (χ1n) is 5.79. The van der Waals surface area contributed by atoms with Crippen LogP contribution in [-0.4, -0.2) is 24.7 Å². The average Bonchev–Trinajstić information content (AvgIpc) is 3.09. The molecule has 3 nitrogen and oxygen atoms in total. The van der Waals surface area contributed by atoms with Crippen LogP contribution in [0, 0.1) is 0 Å². The number of benzene rings is 1. The van der Waals surface area contributed by atoms with E-state index in [1.165, 1.54) is 0 Å². The van der Waals surface area contributed by atoms with Crippen molar-refractivity contribution in [1.29, 1.82) is 0 Å². The number of hydrogen-bond donors (Lipinski definition) is 1. The predicted molar refractivity (Wildman–Crippen MR) is 62.3 cm³/mol. The van der Waals surface area contributed by atoms with E-state index in [0.717, 1.165) is 12.8 Å². The summed E-state index contributed by atoms with van der Waals surface area (Å²) in [5, 5.41) is 3.34. The molecule has 3 heteroatoms. The fraction of sp³-hybridized carbons (Fsp3) is 0.462. The maximum absolute atomic E-state index is 11.6. The molecule has 0 aliphatic carbocycles. The second-order valence-corrected chi connectivity index (χ2v) is 4.08. The van der Waals surface area contributed by atoms with Gasteiger partial charge < -0.3 is 10.1 Å². The highest BCUT2D eigenvalue weighted by Gasteiger charge is 2.33. The van der Waals surface area contributed by atoms with E-state index >= 15 is 0 Å². The Kier molecular flexibility index (Phi) is 3.57. The fourth-order valence-electron chi connectivity index (χ4n) is 1.84. The Balaban J connectivity index is 1.69. The molecule has 1 aromatic carbocycles. The molecule has 0 radical (unpaired) electrons. The smallest absolute Gasteiger partial charge is 0.338 e. The van der Waals surface area contributed by atoms with Crippen molar-refractivity contribution in [1.82, 2.24) is 5.32 Å². The molecule has 0 amide bonds. The molecule has 1 N–H and O–H groups in total. The van der Waals surface area contributed by atoms with Crippen LogP contribution in [0.4, 0.5) is 0 Å². The molecule has 0 saturated carbocycles. The van der Waals surface area contributed by atoms with Crippen molar-refractivity contribution in [2.45, 2.75) is 31.8 Å². The fourth-order valence-corrected chi connectivity index (χ4v) is 1.84. The molecule has 0 spiro atoms. The van der Waals surface area contributed by atoms with Gasteiger partial charge in [0, 0.05) is 12.1 Å². The molecule has 2 atom stereocenters. The summed E-state index contributed by atoms with van der Waals surface area (Å²) in [5.74, 6) is -0.228. The molecular weight excluding hydrogens is 202 g/mol. The van der Waals surface area contributed by atoms with Gasteiger partial charge in [-0.2, -0.15) is 0 Å². The van der Waals surface area contributed by atoms with Gasteiger partial charge >= 0.3 is 5.97 Å². The minimum absolute atomic E-state index is 0.228. The number of esters is 1. The van der Waals surface area contributed by atoms with E-state index in [-0.39, 0.29) is 5.97 Å². The van der Waals surface area contributed by atoms with Crippen LogP contribution in [0.5, 0.6) is 0 Å². The van der Waals surface area contributed by atoms with Crippen molar-refractivity contribution < 1.29 is 9.53 Å². The van der Waals surface area contributed by atoms with E-state index in [0.29, 0.717) is 24.3 Å². The number of rotatable bonds is 5. The second kappa shape index (κ2) is 5.12. The van der Waals surface area contributed by atoms with E-state index in [9.17, 15) is 4.79 Å². The van der Waals surface area contributed by atoms with Gasteiger partial charge in [-0.3, -0.25) is 0 Å². The maximum Gasteiger partial charge on any atom is 0.338 e. The van der Waals surface area contributed by atoms with Crippen LogP contribution in [0.25, 0.3) is 0 Å². The molecule has 2 rings (SSSR count). The topological polar surface area (TPSA) is 48.2 Å². The first-order chi connectivity index (χ1) is 7.81. The highest BCUT2D eigenvalue weighted by Crippen LogP contribution is 2.17. The van der Waals surface area contributed by atoms with Gasteiger partial charge in [0.2, 0.25) is 0 Å². The van der Waals surface area contributed by atoms with Gasteiger partial charge in [-0.05, 0) is 25.0 Å². The molecule has 1 heterocycles. The van der Waals surface area contributed by atoms with Crippen molar-refractivity contribution >= 4 is 5.97 Å². The van der Waals surface area contributed by atoms with Gasteiger partial charge in [0.1, 0.15) is 0 Å². The van der Waals surface area contributed by atoms with E-state index in [2.05, 4.69) is 12.2 Å². The third-order valence-corrected chi connectivity index (χ3v) is 2.92. The minimum atomic E-state index is -0.228. The third-order valence-electron chi connectivity index (χ3n) is 2.92. The summed E-state index contributed by atoms with van der Waals surface area (Å²) >= 11 is 0. The number of nitrogens with one attached hydrogen (secondary N) is 1. The van der Waals surface area contributed by atoms with E-state index in [1.807, 2.05) is 18.2 Å². The summed E-state index contributed by atoms with van der Waals surface area (Å²) in [6.07, 6.45) is 2.06. The Bertz CT molecular complexity index is 350. The predicted octanol–water partition coefficient (Wildman–Crippen LogP) is 1.98. The Hall–Kier alpha value is -1.35. The van der Waals surface area contributed by atoms with Crippen LogP contribution in [-0.2, 0) is 4.74 Å². The standard InChI is InChI=1S/C13H17NO2/c1-2-11-12(14-11)8-9-16-13(15)10-6-4-3-5-7-10/h3-7,11-12,14H,2,8-9H2,1H3/t11-,12-/m0/s1. The van der Waals surface area contributed by atoms with Crippen LogP contribution in [0.2, 0.25) is 0 Å². The first-order valence-corrected chi connectivity index (χ1v) is 5.79. The summed E-state index contributed by atoms with van der Waals surface area (Å²) in [6.45, 7) is 2.66. The van der Waals surface area contributed by atoms with Crippen molar-refractivity contribution in [3.8, 4) is 0 Å². The Morgan fingerprint density at radius 3 is 2.69 bits per heavy atom. The van der Waals surface area contributed by atoms with Gasteiger partial charge in [0.05, 0.1) is 12.2 Å². The molecule has 1 aliphatic rings. The number of ether oxygens (including phenoxy) is 1. The molecule has 16 heavy (non-hydrogen) atoms. The molecule has 0 unspecified atom stereocenters. The lowest BCUT2D eigenvalue weighted by Crippen LogP contribution is -2.08. The van der Waals surface area contributed by atoms with Crippen molar-refractivity contribution in [2.75, 3.05) is 6.61 Å². The molecule has 1 aliphatic heterocycles. The highest BCUT2D eigenvalue weighted by molar-refractivity contribution is 5.89. The number of hydrogen-bond acceptors (Lipinski definition) is 3. The summed E-state index contributed by atoms with van der Waals surface area (Å²) in [4.78, 5) is 11.6. The van der Waals surface area contributed by atoms with Gasteiger partial charge in [-0.1, -0.05) is 25.1 Å². The molecular formula is C13H17NO2. The SMILES string of the molecule is CC[C@@H]1N[C@H]1CCOC(=O)c1ccccc1. The van der Waals surface area contributed by atoms with Crippen LogP contribution in [0.1, 0.15) is 30.1 Å². The molecule has 0 bridgehead atoms. The molecule has 1 saturated heterocycles. The molecule has 0 aromatic heterocycles. The van der Waals surface area contributed by atoms with E-state index in [4.69, 9.17) is 4.74 Å². The van der Waals surface area contributed by atoms with Crippen LogP contribution < -0.4 is 5.32 Å². The van der Waals surface area contributed by atoms with Crippen LogP contribution >= 0.6 is 0 Å². The normalized spacial score (nSPS) is 22.8. The largest absolute Gasteiger partial charge is 0.462 e. The Labute approximate surface area is 95.8 Å². The molecule has 86 valence electrons. The lowest BCUT2D eigenvalue weighted by Gasteiger charge is -2.03. The maximum atomic E-state index is 11.6. The molecule has 1 fully saturated rings. The summed E-state index contributed by atoms with van der Waals surface area (Å²) in [5.41, 5.74) is 0.623. The lowest BCUT2D eigenvalue weighted by molar-refractivity contribution is 0.0500. The highest BCUT2D eigenvalue weighted by atomic mass is 16.5. The summed E-state index contributed by atoms with van der Waals surface area (Å²) in [7, 11) is 0. The summed E-state index contributed by atoms with van der Waals surface area (Å²) < 4.78 is 5.19. The van der Waals surface area contributed by atoms with Gasteiger partial charge in [0.25, 0.3) is 0 Å². The Morgan fingerprint density at radius 2 is 2.06 bits per heavy atom. The van der Waals surface area contributed by atoms with Crippen LogP contribution in [0.15, 0.2) is 30.3 Å². The molecule has 1 aromatic rings. The van der Waals surface area contributed by atoms with E-state index in [1.54, 1.807) is 12.1 Å². The summed E-state index contributed by atoms with van der Waals surface area (Å²) in [6, 6.07) is 10.3. The third kappa shape index (κ3) is 2.83. The zero-order valence-electron chi connectivity index (χ0n) is 9.48. The number of carbonyl (C=O) groups excluding carboxylic acids is 1. The van der Waals surface area contributed by atoms with Gasteiger partial charge in [-0.15, -0.1) is 0 Å². The minimum Gasteiger partial charge on any atom is -0.462 e. The first kappa shape index (κ1) is 11.1. The zero-order valence-corrected chi connectivity index (χ0v) is 9.48. The van der Waals surface area contributed by atoms with Crippen LogP contribution in [0.3, 0.4) is 0 Å². The van der Waals surface area contributed by atoms with Crippen molar-refractivity contribution in [3.63, 3.8) is 0 Å². The van der Waals surface area contributed by atoms with Gasteiger partial charge in [0.15, 0.2) is 0 Å². The lowest BCUT2D eigenvalue weighted by atomic mass is 10.2. The zero-order chi connectivity index (χ0) is 11.4. The van der Waals surface area contributed by atoms with Crippen molar-refractivity contribution in [3.05, 3.63) is 35.9 Å². The quantitative estimate of drug-likeness (QED) is 0.608.